The molecule has 0 atom stereocenters. The van der Waals surface area contributed by atoms with E-state index in [4.69, 9.17) is 4.74 Å². The molecule has 10 heteroatoms. The number of hydrogen-bond donors (Lipinski definition) is 0. The highest BCUT2D eigenvalue weighted by Gasteiger charge is 2.26. The van der Waals surface area contributed by atoms with Crippen LogP contribution in [-0.4, -0.2) is 64.3 Å². The van der Waals surface area contributed by atoms with E-state index in [9.17, 15) is 13.2 Å². The zero-order valence-electron chi connectivity index (χ0n) is 18.6. The molecule has 0 aliphatic carbocycles. The van der Waals surface area contributed by atoms with E-state index in [1.807, 2.05) is 44.1 Å². The highest BCUT2D eigenvalue weighted by molar-refractivity contribution is 7.90. The molecule has 32 heavy (non-hydrogen) atoms. The number of anilines is 1. The maximum Gasteiger partial charge on any atom is 0.261 e. The molecule has 0 saturated carbocycles. The molecule has 0 radical (unpaired) electrons. The highest BCUT2D eigenvalue weighted by Crippen LogP contribution is 2.33. The van der Waals surface area contributed by atoms with Gasteiger partial charge in [0.05, 0.1) is 27.3 Å². The van der Waals surface area contributed by atoms with Gasteiger partial charge in [-0.25, -0.2) is 13.4 Å². The van der Waals surface area contributed by atoms with Gasteiger partial charge in [0.2, 0.25) is 0 Å². The summed E-state index contributed by atoms with van der Waals surface area (Å²) in [7, 11) is 0.387. The molecular formula is C22H28ClN3O4S2. The number of rotatable bonds is 9. The summed E-state index contributed by atoms with van der Waals surface area (Å²) in [5.41, 5.74) is 0.925. The summed E-state index contributed by atoms with van der Waals surface area (Å²) in [6.07, 6.45) is 1.84. The van der Waals surface area contributed by atoms with E-state index in [1.165, 1.54) is 17.4 Å². The molecule has 0 aliphatic rings. The number of fused-ring (bicyclic) bond motifs is 1. The standard InChI is InChI=1S/C22H27N3O4S2.ClH/c1-5-29-16-11-12-18-19(15-16)30-22(23-18)25(14-8-13-24(2)3)21(26)17-9-6-7-10-20(17)31(4,27)28;/h6-7,9-12,15H,5,8,13-14H2,1-4H3;1H. The average molecular weight is 498 g/mol. The third-order valence-corrected chi connectivity index (χ3v) is 6.84. The van der Waals surface area contributed by atoms with Crippen LogP contribution in [0.4, 0.5) is 5.13 Å². The van der Waals surface area contributed by atoms with E-state index in [-0.39, 0.29) is 28.8 Å². The van der Waals surface area contributed by atoms with Gasteiger partial charge in [0, 0.05) is 12.8 Å². The third-order valence-electron chi connectivity index (χ3n) is 4.64. The van der Waals surface area contributed by atoms with Crippen LogP contribution in [0.5, 0.6) is 5.75 Å². The maximum absolute atomic E-state index is 13.5. The number of carbonyl (C=O) groups excluding carboxylic acids is 1. The van der Waals surface area contributed by atoms with E-state index in [0.29, 0.717) is 18.3 Å². The van der Waals surface area contributed by atoms with Crippen LogP contribution in [0.2, 0.25) is 0 Å². The fourth-order valence-electron chi connectivity index (χ4n) is 3.21. The molecule has 1 amide bonds. The summed E-state index contributed by atoms with van der Waals surface area (Å²) in [6, 6.07) is 11.9. The maximum atomic E-state index is 13.5. The van der Waals surface area contributed by atoms with Crippen molar-refractivity contribution in [2.45, 2.75) is 18.2 Å². The van der Waals surface area contributed by atoms with E-state index in [0.717, 1.165) is 35.2 Å². The molecule has 174 valence electrons. The zero-order valence-corrected chi connectivity index (χ0v) is 21.0. The Bertz CT molecular complexity index is 1180. The number of nitrogens with zero attached hydrogens (tertiary/aromatic N) is 3. The lowest BCUT2D eigenvalue weighted by Crippen LogP contribution is -2.34. The Hall–Kier alpha value is -2.20. The Balaban J connectivity index is 0.00000363. The number of sulfone groups is 1. The van der Waals surface area contributed by atoms with Crippen molar-refractivity contribution in [1.29, 1.82) is 0 Å². The third kappa shape index (κ3) is 6.19. The predicted octanol–water partition coefficient (Wildman–Crippen LogP) is 4.12. The lowest BCUT2D eigenvalue weighted by molar-refractivity contribution is 0.0983. The van der Waals surface area contributed by atoms with Crippen LogP contribution in [-0.2, 0) is 9.84 Å². The van der Waals surface area contributed by atoms with Crippen molar-refractivity contribution in [2.24, 2.45) is 0 Å². The first-order chi connectivity index (χ1) is 14.7. The summed E-state index contributed by atoms with van der Waals surface area (Å²) in [5.74, 6) is 0.377. The van der Waals surface area contributed by atoms with Crippen molar-refractivity contribution in [3.05, 3.63) is 48.0 Å². The van der Waals surface area contributed by atoms with E-state index in [2.05, 4.69) is 4.98 Å². The van der Waals surface area contributed by atoms with Gasteiger partial charge in [-0.1, -0.05) is 23.5 Å². The summed E-state index contributed by atoms with van der Waals surface area (Å²) in [5, 5.41) is 0.538. The minimum atomic E-state index is -3.55. The molecule has 0 N–H and O–H groups in total. The number of aromatic nitrogens is 1. The topological polar surface area (TPSA) is 79.8 Å². The number of halogens is 1. The lowest BCUT2D eigenvalue weighted by atomic mass is 10.2. The fraction of sp³-hybridized carbons (Fsp3) is 0.364. The second kappa shape index (κ2) is 11.1. The van der Waals surface area contributed by atoms with Crippen LogP contribution in [0.15, 0.2) is 47.4 Å². The second-order valence-electron chi connectivity index (χ2n) is 7.44. The second-order valence-corrected chi connectivity index (χ2v) is 10.4. The number of thiazole rings is 1. The van der Waals surface area contributed by atoms with Crippen molar-refractivity contribution >= 4 is 54.8 Å². The molecule has 0 saturated heterocycles. The molecule has 3 rings (SSSR count). The number of hydrogen-bond acceptors (Lipinski definition) is 7. The van der Waals surface area contributed by atoms with Gasteiger partial charge < -0.3 is 9.64 Å². The average Bonchev–Trinajstić information content (AvgIpc) is 3.13. The van der Waals surface area contributed by atoms with Crippen molar-refractivity contribution in [3.63, 3.8) is 0 Å². The molecule has 3 aromatic rings. The molecule has 1 aromatic heterocycles. The summed E-state index contributed by atoms with van der Waals surface area (Å²) in [4.78, 5) is 21.8. The summed E-state index contributed by atoms with van der Waals surface area (Å²) < 4.78 is 31.0. The van der Waals surface area contributed by atoms with Crippen LogP contribution >= 0.6 is 23.7 Å². The molecule has 0 spiro atoms. The van der Waals surface area contributed by atoms with Gasteiger partial charge in [0.25, 0.3) is 5.91 Å². The van der Waals surface area contributed by atoms with Gasteiger partial charge in [-0.2, -0.15) is 0 Å². The van der Waals surface area contributed by atoms with Gasteiger partial charge in [-0.3, -0.25) is 9.69 Å². The van der Waals surface area contributed by atoms with Gasteiger partial charge in [-0.05, 0) is 64.3 Å². The minimum Gasteiger partial charge on any atom is -0.494 e. The Morgan fingerprint density at radius 1 is 1.12 bits per heavy atom. The van der Waals surface area contributed by atoms with Crippen molar-refractivity contribution in [2.75, 3.05) is 44.9 Å². The molecule has 0 fully saturated rings. The molecular weight excluding hydrogens is 470 g/mol. The van der Waals surface area contributed by atoms with E-state index < -0.39 is 9.84 Å². The lowest BCUT2D eigenvalue weighted by Gasteiger charge is -2.22. The molecule has 1 heterocycles. The van der Waals surface area contributed by atoms with Gasteiger partial charge >= 0.3 is 0 Å². The first-order valence-electron chi connectivity index (χ1n) is 9.99. The smallest absolute Gasteiger partial charge is 0.261 e. The molecule has 0 aliphatic heterocycles. The predicted molar refractivity (Wildman–Crippen MR) is 132 cm³/mol. The number of ether oxygens (including phenoxy) is 1. The monoisotopic (exact) mass is 497 g/mol. The Morgan fingerprint density at radius 2 is 1.84 bits per heavy atom. The summed E-state index contributed by atoms with van der Waals surface area (Å²) >= 11 is 1.39. The normalized spacial score (nSPS) is 11.4. The number of carbonyl (C=O) groups is 1. The van der Waals surface area contributed by atoms with Crippen molar-refractivity contribution in [1.82, 2.24) is 9.88 Å². The molecule has 7 nitrogen and oxygen atoms in total. The minimum absolute atomic E-state index is 0. The number of amides is 1. The molecule has 2 aromatic carbocycles. The van der Waals surface area contributed by atoms with Gasteiger partial charge in [-0.15, -0.1) is 12.4 Å². The first-order valence-corrected chi connectivity index (χ1v) is 12.7. The molecule has 0 unspecified atom stereocenters. The SMILES string of the molecule is CCOc1ccc2nc(N(CCCN(C)C)C(=O)c3ccccc3S(C)(=O)=O)sc2c1.Cl. The van der Waals surface area contributed by atoms with E-state index >= 15 is 0 Å². The quantitative estimate of drug-likeness (QED) is 0.442. The van der Waals surface area contributed by atoms with Crippen LogP contribution in [0.3, 0.4) is 0 Å². The summed E-state index contributed by atoms with van der Waals surface area (Å²) in [6.45, 7) is 3.70. The van der Waals surface area contributed by atoms with Gasteiger partial charge in [0.15, 0.2) is 15.0 Å². The fourth-order valence-corrected chi connectivity index (χ4v) is 5.10. The molecule has 0 bridgehead atoms. The highest BCUT2D eigenvalue weighted by atomic mass is 35.5. The van der Waals surface area contributed by atoms with Crippen LogP contribution in [0.25, 0.3) is 10.2 Å². The number of benzene rings is 2. The first kappa shape index (κ1) is 26.1. The van der Waals surface area contributed by atoms with Gasteiger partial charge in [0.1, 0.15) is 5.75 Å². The Morgan fingerprint density at radius 3 is 2.50 bits per heavy atom. The van der Waals surface area contributed by atoms with Crippen molar-refractivity contribution in [3.8, 4) is 5.75 Å². The van der Waals surface area contributed by atoms with Crippen LogP contribution in [0, 0.1) is 0 Å². The van der Waals surface area contributed by atoms with Crippen LogP contribution in [0.1, 0.15) is 23.7 Å². The van der Waals surface area contributed by atoms with E-state index in [1.54, 1.807) is 23.1 Å². The Kier molecular flexibility index (Phi) is 9.03. The Labute approximate surface area is 199 Å². The van der Waals surface area contributed by atoms with Crippen molar-refractivity contribution < 1.29 is 17.9 Å². The zero-order chi connectivity index (χ0) is 22.6. The van der Waals surface area contributed by atoms with Crippen LogP contribution < -0.4 is 9.64 Å². The largest absolute Gasteiger partial charge is 0.494 e.